The molecule has 0 aromatic carbocycles. The molecule has 90 valence electrons. The van der Waals surface area contributed by atoms with Gasteiger partial charge in [-0.25, -0.2) is 0 Å². The molecule has 1 aromatic heterocycles. The summed E-state index contributed by atoms with van der Waals surface area (Å²) in [4.78, 5) is 27.5. The molecule has 1 aliphatic heterocycles. The Hall–Kier alpha value is -1.91. The molecule has 2 rings (SSSR count). The van der Waals surface area contributed by atoms with Gasteiger partial charge in [0.05, 0.1) is 0 Å². The predicted octanol–water partition coefficient (Wildman–Crippen LogP) is 0.0173. The summed E-state index contributed by atoms with van der Waals surface area (Å²) in [5.74, 6) is -0.255. The normalized spacial score (nSPS) is 24.1. The van der Waals surface area contributed by atoms with E-state index in [0.29, 0.717) is 12.8 Å². The van der Waals surface area contributed by atoms with Gasteiger partial charge in [-0.15, -0.1) is 0 Å². The maximum absolute atomic E-state index is 11.8. The van der Waals surface area contributed by atoms with Gasteiger partial charge >= 0.3 is 0 Å². The van der Waals surface area contributed by atoms with Crippen LogP contribution < -0.4 is 10.6 Å². The minimum Gasteiger partial charge on any atom is -0.343 e. The van der Waals surface area contributed by atoms with Crippen LogP contribution in [-0.4, -0.2) is 28.9 Å². The summed E-state index contributed by atoms with van der Waals surface area (Å²) in [6.07, 6.45) is 2.70. The van der Waals surface area contributed by atoms with E-state index in [4.69, 9.17) is 0 Å². The second-order valence-corrected chi connectivity index (χ2v) is 4.06. The molecular formula is C12H15N3O2. The molecule has 2 atom stereocenters. The number of carbonyl (C=O) groups is 2. The van der Waals surface area contributed by atoms with Gasteiger partial charge in [0, 0.05) is 18.3 Å². The molecule has 0 saturated carbocycles. The van der Waals surface area contributed by atoms with E-state index in [-0.39, 0.29) is 11.8 Å². The molecule has 17 heavy (non-hydrogen) atoms. The lowest BCUT2D eigenvalue weighted by atomic mass is 10.0. The number of hydrogen-bond donors (Lipinski definition) is 2. The molecule has 0 spiro atoms. The van der Waals surface area contributed by atoms with Crippen molar-refractivity contribution < 1.29 is 9.59 Å². The number of nitrogens with one attached hydrogen (secondary N) is 2. The summed E-state index contributed by atoms with van der Waals surface area (Å²) in [6.45, 7) is 1.86. The third kappa shape index (κ3) is 2.61. The van der Waals surface area contributed by atoms with E-state index < -0.39 is 12.1 Å². The zero-order chi connectivity index (χ0) is 12.3. The number of rotatable bonds is 3. The topological polar surface area (TPSA) is 71.1 Å². The molecule has 2 amide bonds. The fourth-order valence-corrected chi connectivity index (χ4v) is 1.83. The van der Waals surface area contributed by atoms with Crippen molar-refractivity contribution in [1.82, 2.24) is 15.6 Å². The van der Waals surface area contributed by atoms with Gasteiger partial charge in [-0.1, -0.05) is 13.0 Å². The van der Waals surface area contributed by atoms with E-state index in [1.165, 1.54) is 0 Å². The number of amides is 2. The highest BCUT2D eigenvalue weighted by molar-refractivity contribution is 5.96. The van der Waals surface area contributed by atoms with Crippen LogP contribution in [0.2, 0.25) is 0 Å². The van der Waals surface area contributed by atoms with Crippen LogP contribution in [0.1, 0.15) is 19.0 Å². The maximum Gasteiger partial charge on any atom is 0.243 e. The minimum atomic E-state index is -0.514. The molecule has 1 aliphatic rings. The third-order valence-corrected chi connectivity index (χ3v) is 2.81. The minimum absolute atomic E-state index is 0.118. The first-order valence-electron chi connectivity index (χ1n) is 5.71. The molecule has 2 unspecified atom stereocenters. The molecule has 1 aromatic rings. The van der Waals surface area contributed by atoms with Crippen LogP contribution >= 0.6 is 0 Å². The summed E-state index contributed by atoms with van der Waals surface area (Å²) in [5, 5.41) is 5.43. The SMILES string of the molecule is CCC1NC(=O)C(Cc2ccccn2)NC1=O. The summed E-state index contributed by atoms with van der Waals surface area (Å²) in [7, 11) is 0. The monoisotopic (exact) mass is 233 g/mol. The molecule has 5 heteroatoms. The maximum atomic E-state index is 11.8. The molecule has 2 heterocycles. The highest BCUT2D eigenvalue weighted by atomic mass is 16.2. The lowest BCUT2D eigenvalue weighted by molar-refractivity contribution is -0.136. The molecule has 1 saturated heterocycles. The lowest BCUT2D eigenvalue weighted by Gasteiger charge is -2.28. The Morgan fingerprint density at radius 2 is 1.88 bits per heavy atom. The Kier molecular flexibility index (Phi) is 3.37. The number of carbonyl (C=O) groups excluding carboxylic acids is 2. The van der Waals surface area contributed by atoms with Crippen molar-refractivity contribution in [3.63, 3.8) is 0 Å². The Balaban J connectivity index is 2.03. The second kappa shape index (κ2) is 4.95. The van der Waals surface area contributed by atoms with Crippen LogP contribution in [0.4, 0.5) is 0 Å². The number of nitrogens with zero attached hydrogens (tertiary/aromatic N) is 1. The lowest BCUT2D eigenvalue weighted by Crippen LogP contribution is -2.62. The molecular weight excluding hydrogens is 218 g/mol. The average Bonchev–Trinajstić information content (AvgIpc) is 2.34. The first-order chi connectivity index (χ1) is 8.20. The zero-order valence-electron chi connectivity index (χ0n) is 9.64. The first-order valence-corrected chi connectivity index (χ1v) is 5.71. The Bertz CT molecular complexity index is 419. The van der Waals surface area contributed by atoms with Crippen molar-refractivity contribution in [1.29, 1.82) is 0 Å². The number of aromatic nitrogens is 1. The summed E-state index contributed by atoms with van der Waals surface area (Å²) < 4.78 is 0. The van der Waals surface area contributed by atoms with Gasteiger partial charge in [0.1, 0.15) is 12.1 Å². The van der Waals surface area contributed by atoms with E-state index >= 15 is 0 Å². The van der Waals surface area contributed by atoms with E-state index in [9.17, 15) is 9.59 Å². The molecule has 5 nitrogen and oxygen atoms in total. The van der Waals surface area contributed by atoms with Crippen LogP contribution in [0.15, 0.2) is 24.4 Å². The van der Waals surface area contributed by atoms with Crippen LogP contribution in [0.3, 0.4) is 0 Å². The largest absolute Gasteiger partial charge is 0.343 e. The fraction of sp³-hybridized carbons (Fsp3) is 0.417. The van der Waals surface area contributed by atoms with Gasteiger partial charge in [0.15, 0.2) is 0 Å². The third-order valence-electron chi connectivity index (χ3n) is 2.81. The highest BCUT2D eigenvalue weighted by Gasteiger charge is 2.32. The molecule has 2 N–H and O–H groups in total. The average molecular weight is 233 g/mol. The van der Waals surface area contributed by atoms with E-state index in [1.54, 1.807) is 6.20 Å². The Morgan fingerprint density at radius 1 is 1.18 bits per heavy atom. The van der Waals surface area contributed by atoms with Crippen LogP contribution in [0.5, 0.6) is 0 Å². The van der Waals surface area contributed by atoms with Gasteiger partial charge in [-0.05, 0) is 18.6 Å². The quantitative estimate of drug-likeness (QED) is 0.773. The van der Waals surface area contributed by atoms with Crippen molar-refractivity contribution in [3.8, 4) is 0 Å². The number of pyridine rings is 1. The number of hydrogen-bond acceptors (Lipinski definition) is 3. The second-order valence-electron chi connectivity index (χ2n) is 4.06. The smallest absolute Gasteiger partial charge is 0.243 e. The summed E-state index contributed by atoms with van der Waals surface area (Å²) in [6, 6.07) is 4.60. The van der Waals surface area contributed by atoms with Crippen molar-refractivity contribution in [2.75, 3.05) is 0 Å². The van der Waals surface area contributed by atoms with Crippen molar-refractivity contribution >= 4 is 11.8 Å². The van der Waals surface area contributed by atoms with Gasteiger partial charge in [0.25, 0.3) is 0 Å². The predicted molar refractivity (Wildman–Crippen MR) is 62.1 cm³/mol. The fourth-order valence-electron chi connectivity index (χ4n) is 1.83. The summed E-state index contributed by atoms with van der Waals surface area (Å²) in [5.41, 5.74) is 0.794. The molecule has 1 fully saturated rings. The van der Waals surface area contributed by atoms with Crippen LogP contribution in [0, 0.1) is 0 Å². The molecule has 0 radical (unpaired) electrons. The van der Waals surface area contributed by atoms with Crippen LogP contribution in [0.25, 0.3) is 0 Å². The van der Waals surface area contributed by atoms with Gasteiger partial charge < -0.3 is 10.6 Å². The Labute approximate surface area is 99.6 Å². The molecule has 0 aliphatic carbocycles. The van der Waals surface area contributed by atoms with E-state index in [2.05, 4.69) is 15.6 Å². The first kappa shape index (κ1) is 11.6. The summed E-state index contributed by atoms with van der Waals surface area (Å²) >= 11 is 0. The number of piperazine rings is 1. The van der Waals surface area contributed by atoms with Gasteiger partial charge in [0.2, 0.25) is 11.8 Å². The standard InChI is InChI=1S/C12H15N3O2/c1-2-9-11(16)15-10(12(17)14-9)7-8-5-3-4-6-13-8/h3-6,9-10H,2,7H2,1H3,(H,14,17)(H,15,16). The van der Waals surface area contributed by atoms with Crippen molar-refractivity contribution in [2.45, 2.75) is 31.8 Å². The van der Waals surface area contributed by atoms with Gasteiger partial charge in [-0.2, -0.15) is 0 Å². The van der Waals surface area contributed by atoms with Gasteiger partial charge in [-0.3, -0.25) is 14.6 Å². The van der Waals surface area contributed by atoms with Crippen molar-refractivity contribution in [3.05, 3.63) is 30.1 Å². The zero-order valence-corrected chi connectivity index (χ0v) is 9.64. The van der Waals surface area contributed by atoms with E-state index in [0.717, 1.165) is 5.69 Å². The Morgan fingerprint density at radius 3 is 2.53 bits per heavy atom. The van der Waals surface area contributed by atoms with E-state index in [1.807, 2.05) is 25.1 Å². The van der Waals surface area contributed by atoms with Crippen LogP contribution in [-0.2, 0) is 16.0 Å². The highest BCUT2D eigenvalue weighted by Crippen LogP contribution is 2.06. The van der Waals surface area contributed by atoms with Crippen molar-refractivity contribution in [2.24, 2.45) is 0 Å². The molecule has 0 bridgehead atoms.